The Kier molecular flexibility index (Phi) is 3.99. The standard InChI is InChI=1S/C14H19N3O/c1-3-7-12(15)13-10(2)16-14(17-13)18-11-8-5-4-6-9-11/h4-6,8-9,12H,3,7,15H2,1-2H3,(H,16,17). The Hall–Kier alpha value is -1.81. The van der Waals surface area contributed by atoms with Crippen LogP contribution in [0.1, 0.15) is 37.2 Å². The van der Waals surface area contributed by atoms with Gasteiger partial charge < -0.3 is 15.5 Å². The lowest BCUT2D eigenvalue weighted by Gasteiger charge is -2.07. The molecule has 0 amide bonds. The molecule has 0 radical (unpaired) electrons. The highest BCUT2D eigenvalue weighted by Gasteiger charge is 2.14. The van der Waals surface area contributed by atoms with Crippen LogP contribution < -0.4 is 10.5 Å². The summed E-state index contributed by atoms with van der Waals surface area (Å²) >= 11 is 0. The summed E-state index contributed by atoms with van der Waals surface area (Å²) in [5.41, 5.74) is 7.94. The zero-order chi connectivity index (χ0) is 13.0. The number of hydrogen-bond donors (Lipinski definition) is 2. The van der Waals surface area contributed by atoms with E-state index in [0.29, 0.717) is 6.01 Å². The van der Waals surface area contributed by atoms with Gasteiger partial charge in [0.05, 0.1) is 5.69 Å². The molecule has 4 nitrogen and oxygen atoms in total. The summed E-state index contributed by atoms with van der Waals surface area (Å²) in [7, 11) is 0. The van der Waals surface area contributed by atoms with E-state index in [2.05, 4.69) is 16.9 Å². The molecular weight excluding hydrogens is 226 g/mol. The third kappa shape index (κ3) is 2.90. The van der Waals surface area contributed by atoms with Gasteiger partial charge in [-0.1, -0.05) is 31.5 Å². The number of aromatic nitrogens is 2. The van der Waals surface area contributed by atoms with Crippen molar-refractivity contribution in [2.24, 2.45) is 5.73 Å². The maximum Gasteiger partial charge on any atom is 0.299 e. The number of para-hydroxylation sites is 1. The van der Waals surface area contributed by atoms with Gasteiger partial charge in [0.2, 0.25) is 0 Å². The molecule has 0 bridgehead atoms. The van der Waals surface area contributed by atoms with E-state index < -0.39 is 0 Å². The van der Waals surface area contributed by atoms with Gasteiger partial charge in [0, 0.05) is 11.7 Å². The molecule has 1 heterocycles. The molecule has 1 aromatic heterocycles. The van der Waals surface area contributed by atoms with Crippen molar-refractivity contribution in [3.63, 3.8) is 0 Å². The van der Waals surface area contributed by atoms with Gasteiger partial charge in [0.15, 0.2) is 0 Å². The first kappa shape index (κ1) is 12.6. The molecule has 3 N–H and O–H groups in total. The first-order valence-corrected chi connectivity index (χ1v) is 6.25. The maximum atomic E-state index is 6.08. The summed E-state index contributed by atoms with van der Waals surface area (Å²) in [6.45, 7) is 4.08. The van der Waals surface area contributed by atoms with E-state index in [1.165, 1.54) is 0 Å². The average Bonchev–Trinajstić information content (AvgIpc) is 2.72. The largest absolute Gasteiger partial charge is 0.426 e. The van der Waals surface area contributed by atoms with E-state index >= 15 is 0 Å². The number of nitrogens with zero attached hydrogens (tertiary/aromatic N) is 1. The Morgan fingerprint density at radius 2 is 2.06 bits per heavy atom. The Bertz CT molecular complexity index is 493. The summed E-state index contributed by atoms with van der Waals surface area (Å²) in [5.74, 6) is 0.766. The number of imidazole rings is 1. The lowest BCUT2D eigenvalue weighted by atomic mass is 10.1. The number of benzene rings is 1. The van der Waals surface area contributed by atoms with E-state index in [1.807, 2.05) is 37.3 Å². The zero-order valence-corrected chi connectivity index (χ0v) is 10.8. The molecule has 2 aromatic rings. The summed E-state index contributed by atoms with van der Waals surface area (Å²) < 4.78 is 5.65. The molecule has 0 aliphatic heterocycles. The van der Waals surface area contributed by atoms with Gasteiger partial charge in [-0.05, 0) is 25.5 Å². The van der Waals surface area contributed by atoms with Gasteiger partial charge in [0.1, 0.15) is 5.75 Å². The highest BCUT2D eigenvalue weighted by Crippen LogP contribution is 2.23. The molecule has 2 rings (SSSR count). The van der Waals surface area contributed by atoms with Crippen LogP contribution in [0.25, 0.3) is 0 Å². The van der Waals surface area contributed by atoms with E-state index in [0.717, 1.165) is 30.0 Å². The minimum Gasteiger partial charge on any atom is -0.426 e. The predicted molar refractivity (Wildman–Crippen MR) is 71.7 cm³/mol. The smallest absolute Gasteiger partial charge is 0.299 e. The monoisotopic (exact) mass is 245 g/mol. The van der Waals surface area contributed by atoms with Crippen molar-refractivity contribution in [3.05, 3.63) is 41.7 Å². The number of nitrogens with two attached hydrogens (primary N) is 1. The second-order valence-corrected chi connectivity index (χ2v) is 4.36. The molecule has 4 heteroatoms. The highest BCUT2D eigenvalue weighted by molar-refractivity contribution is 5.26. The Morgan fingerprint density at radius 1 is 1.33 bits per heavy atom. The van der Waals surface area contributed by atoms with Crippen molar-refractivity contribution in [3.8, 4) is 11.8 Å². The van der Waals surface area contributed by atoms with Crippen molar-refractivity contribution >= 4 is 0 Å². The second kappa shape index (κ2) is 5.69. The Labute approximate surface area is 107 Å². The fraction of sp³-hybridized carbons (Fsp3) is 0.357. The lowest BCUT2D eigenvalue weighted by Crippen LogP contribution is -2.11. The molecule has 0 spiro atoms. The van der Waals surface area contributed by atoms with Crippen LogP contribution in [0, 0.1) is 6.92 Å². The van der Waals surface area contributed by atoms with E-state index in [-0.39, 0.29) is 6.04 Å². The SMILES string of the molecule is CCCC(N)c1nc(Oc2ccccc2)[nH]c1C. The van der Waals surface area contributed by atoms with Gasteiger partial charge >= 0.3 is 0 Å². The third-order valence-corrected chi connectivity index (χ3v) is 2.81. The summed E-state index contributed by atoms with van der Waals surface area (Å²) in [6.07, 6.45) is 1.97. The van der Waals surface area contributed by atoms with Crippen molar-refractivity contribution < 1.29 is 4.74 Å². The summed E-state index contributed by atoms with van der Waals surface area (Å²) in [6, 6.07) is 10.1. The molecule has 1 atom stereocenters. The number of aryl methyl sites for hydroxylation is 1. The van der Waals surface area contributed by atoms with Crippen LogP contribution in [0.2, 0.25) is 0 Å². The highest BCUT2D eigenvalue weighted by atomic mass is 16.5. The minimum atomic E-state index is -0.0284. The number of nitrogens with one attached hydrogen (secondary N) is 1. The topological polar surface area (TPSA) is 63.9 Å². The first-order valence-electron chi connectivity index (χ1n) is 6.25. The zero-order valence-electron chi connectivity index (χ0n) is 10.8. The normalized spacial score (nSPS) is 12.4. The van der Waals surface area contributed by atoms with E-state index in [9.17, 15) is 0 Å². The van der Waals surface area contributed by atoms with E-state index in [4.69, 9.17) is 10.5 Å². The van der Waals surface area contributed by atoms with E-state index in [1.54, 1.807) is 0 Å². The first-order chi connectivity index (χ1) is 8.70. The summed E-state index contributed by atoms with van der Waals surface area (Å²) in [4.78, 5) is 7.54. The molecule has 0 saturated carbocycles. The molecule has 0 aliphatic rings. The van der Waals surface area contributed by atoms with Gasteiger partial charge in [-0.2, -0.15) is 4.98 Å². The van der Waals surface area contributed by atoms with Crippen LogP contribution in [-0.4, -0.2) is 9.97 Å². The predicted octanol–water partition coefficient (Wildman–Crippen LogP) is 3.31. The van der Waals surface area contributed by atoms with Gasteiger partial charge in [-0.3, -0.25) is 0 Å². The molecule has 18 heavy (non-hydrogen) atoms. The third-order valence-electron chi connectivity index (χ3n) is 2.81. The van der Waals surface area contributed by atoms with Gasteiger partial charge in [-0.15, -0.1) is 0 Å². The lowest BCUT2D eigenvalue weighted by molar-refractivity contribution is 0.445. The molecule has 0 aliphatic carbocycles. The number of H-pyrrole nitrogens is 1. The number of aromatic amines is 1. The van der Waals surface area contributed by atoms with Crippen molar-refractivity contribution in [2.45, 2.75) is 32.7 Å². The van der Waals surface area contributed by atoms with Gasteiger partial charge in [-0.25, -0.2) is 0 Å². The minimum absolute atomic E-state index is 0.0284. The van der Waals surface area contributed by atoms with Crippen LogP contribution in [0.4, 0.5) is 0 Å². The molecule has 1 aromatic carbocycles. The van der Waals surface area contributed by atoms with Crippen LogP contribution in [0.15, 0.2) is 30.3 Å². The van der Waals surface area contributed by atoms with Crippen LogP contribution in [0.5, 0.6) is 11.8 Å². The Morgan fingerprint density at radius 3 is 2.72 bits per heavy atom. The number of rotatable bonds is 5. The molecule has 0 fully saturated rings. The quantitative estimate of drug-likeness (QED) is 0.849. The molecule has 1 unspecified atom stereocenters. The molecular formula is C14H19N3O. The number of hydrogen-bond acceptors (Lipinski definition) is 3. The average molecular weight is 245 g/mol. The maximum absolute atomic E-state index is 6.08. The van der Waals surface area contributed by atoms with Crippen molar-refractivity contribution in [1.82, 2.24) is 9.97 Å². The van der Waals surface area contributed by atoms with Crippen LogP contribution >= 0.6 is 0 Å². The van der Waals surface area contributed by atoms with Crippen LogP contribution in [0.3, 0.4) is 0 Å². The van der Waals surface area contributed by atoms with Crippen molar-refractivity contribution in [1.29, 1.82) is 0 Å². The van der Waals surface area contributed by atoms with Crippen LogP contribution in [-0.2, 0) is 0 Å². The summed E-state index contributed by atoms with van der Waals surface area (Å²) in [5, 5.41) is 0. The molecule has 96 valence electrons. The Balaban J connectivity index is 2.14. The molecule has 0 saturated heterocycles. The fourth-order valence-electron chi connectivity index (χ4n) is 1.90. The fourth-order valence-corrected chi connectivity index (χ4v) is 1.90. The number of ether oxygens (including phenoxy) is 1. The van der Waals surface area contributed by atoms with Crippen molar-refractivity contribution in [2.75, 3.05) is 0 Å². The second-order valence-electron chi connectivity index (χ2n) is 4.36. The van der Waals surface area contributed by atoms with Gasteiger partial charge in [0.25, 0.3) is 6.01 Å².